The highest BCUT2D eigenvalue weighted by atomic mass is 16.6. The number of aliphatic carboxylic acids is 1. The van der Waals surface area contributed by atoms with Gasteiger partial charge >= 0.3 is 11.8 Å². The van der Waals surface area contributed by atoms with E-state index in [2.05, 4.69) is 4.98 Å². The molecule has 0 radical (unpaired) electrons. The van der Waals surface area contributed by atoms with E-state index in [1.54, 1.807) is 6.92 Å². The molecule has 0 bridgehead atoms. The molecule has 1 fully saturated rings. The molecule has 0 aromatic carbocycles. The fourth-order valence-corrected chi connectivity index (χ4v) is 3.15. The van der Waals surface area contributed by atoms with Crippen molar-refractivity contribution in [2.45, 2.75) is 45.2 Å². The van der Waals surface area contributed by atoms with Crippen LogP contribution in [0.3, 0.4) is 0 Å². The number of imidazole rings is 1. The molecule has 21 heavy (non-hydrogen) atoms. The van der Waals surface area contributed by atoms with Crippen LogP contribution in [0.5, 0.6) is 0 Å². The van der Waals surface area contributed by atoms with E-state index in [1.807, 2.05) is 11.8 Å². The number of likely N-dealkylation sites (tertiary alicyclic amines) is 1. The predicted molar refractivity (Wildman–Crippen MR) is 75.1 cm³/mol. The van der Waals surface area contributed by atoms with Gasteiger partial charge in [0, 0.05) is 13.5 Å². The lowest BCUT2D eigenvalue weighted by Crippen LogP contribution is -2.51. The maximum Gasteiger partial charge on any atom is 0.342 e. The van der Waals surface area contributed by atoms with Gasteiger partial charge in [-0.2, -0.15) is 0 Å². The summed E-state index contributed by atoms with van der Waals surface area (Å²) < 4.78 is 1.53. The second-order valence-corrected chi connectivity index (χ2v) is 5.35. The van der Waals surface area contributed by atoms with E-state index in [4.69, 9.17) is 0 Å². The third-order valence-electron chi connectivity index (χ3n) is 4.42. The third kappa shape index (κ3) is 2.63. The molecule has 0 amide bonds. The molecular formula is C13H20N4O4. The number of hydrogen-bond acceptors (Lipinski definition) is 5. The van der Waals surface area contributed by atoms with Crippen LogP contribution in [0.1, 0.15) is 32.0 Å². The molecule has 1 N–H and O–H groups in total. The quantitative estimate of drug-likeness (QED) is 0.629. The highest BCUT2D eigenvalue weighted by Gasteiger charge is 2.46. The van der Waals surface area contributed by atoms with E-state index in [-0.39, 0.29) is 5.82 Å². The number of aryl methyl sites for hydroxylation is 1. The van der Waals surface area contributed by atoms with Crippen molar-refractivity contribution in [2.24, 2.45) is 0 Å². The van der Waals surface area contributed by atoms with Crippen molar-refractivity contribution in [3.8, 4) is 0 Å². The van der Waals surface area contributed by atoms with Gasteiger partial charge in [0.2, 0.25) is 0 Å². The van der Waals surface area contributed by atoms with Gasteiger partial charge in [0.05, 0.1) is 0 Å². The van der Waals surface area contributed by atoms with E-state index in [0.717, 1.165) is 6.42 Å². The Bertz CT molecular complexity index is 556. The molecule has 1 aromatic rings. The molecule has 1 unspecified atom stereocenters. The van der Waals surface area contributed by atoms with Gasteiger partial charge in [0.25, 0.3) is 0 Å². The van der Waals surface area contributed by atoms with Gasteiger partial charge in [-0.15, -0.1) is 0 Å². The van der Waals surface area contributed by atoms with E-state index in [9.17, 15) is 20.0 Å². The van der Waals surface area contributed by atoms with Crippen LogP contribution >= 0.6 is 0 Å². The first-order valence-electron chi connectivity index (χ1n) is 7.07. The van der Waals surface area contributed by atoms with Crippen LogP contribution in [-0.2, 0) is 11.3 Å². The zero-order chi connectivity index (χ0) is 15.6. The van der Waals surface area contributed by atoms with Crippen LogP contribution in [0.2, 0.25) is 0 Å². The van der Waals surface area contributed by atoms with Crippen LogP contribution in [-0.4, -0.2) is 49.1 Å². The molecular weight excluding hydrogens is 276 g/mol. The number of nitrogens with zero attached hydrogens (tertiary/aromatic N) is 4. The average Bonchev–Trinajstić information content (AvgIpc) is 3.00. The van der Waals surface area contributed by atoms with Crippen molar-refractivity contribution in [1.29, 1.82) is 0 Å². The van der Waals surface area contributed by atoms with Crippen LogP contribution in [0, 0.1) is 17.0 Å². The molecule has 116 valence electrons. The lowest BCUT2D eigenvalue weighted by molar-refractivity contribution is -0.392. The first kappa shape index (κ1) is 15.4. The van der Waals surface area contributed by atoms with Crippen molar-refractivity contribution < 1.29 is 14.8 Å². The number of carboxylic acid groups (broad SMARTS) is 1. The second-order valence-electron chi connectivity index (χ2n) is 5.35. The number of carboxylic acids is 1. The molecule has 0 spiro atoms. The maximum atomic E-state index is 11.6. The highest BCUT2D eigenvalue weighted by Crippen LogP contribution is 2.32. The number of hydrogen-bond donors (Lipinski definition) is 1. The normalized spacial score (nSPS) is 22.6. The maximum absolute atomic E-state index is 11.6. The lowest BCUT2D eigenvalue weighted by atomic mass is 9.93. The molecule has 8 heteroatoms. The zero-order valence-corrected chi connectivity index (χ0v) is 12.3. The third-order valence-corrected chi connectivity index (χ3v) is 4.42. The molecule has 0 saturated carbocycles. The molecule has 2 heterocycles. The Morgan fingerprint density at radius 1 is 1.57 bits per heavy atom. The Morgan fingerprint density at radius 3 is 2.86 bits per heavy atom. The van der Waals surface area contributed by atoms with Crippen LogP contribution < -0.4 is 0 Å². The highest BCUT2D eigenvalue weighted by molar-refractivity contribution is 5.79. The smallest absolute Gasteiger partial charge is 0.342 e. The summed E-state index contributed by atoms with van der Waals surface area (Å²) in [6.07, 6.45) is 3.24. The summed E-state index contributed by atoms with van der Waals surface area (Å²) in [5, 5.41) is 20.5. The fraction of sp³-hybridized carbons (Fsp3) is 0.692. The number of nitro groups is 1. The van der Waals surface area contributed by atoms with Gasteiger partial charge in [-0.05, 0) is 30.7 Å². The number of rotatable bonds is 6. The Hall–Kier alpha value is -1.96. The van der Waals surface area contributed by atoms with Crippen molar-refractivity contribution in [1.82, 2.24) is 14.5 Å². The molecule has 1 atom stereocenters. The minimum Gasteiger partial charge on any atom is -0.480 e. The number of aromatic nitrogens is 2. The lowest BCUT2D eigenvalue weighted by Gasteiger charge is -2.33. The summed E-state index contributed by atoms with van der Waals surface area (Å²) in [6, 6.07) is 0. The first-order chi connectivity index (χ1) is 9.92. The second kappa shape index (κ2) is 5.80. The Morgan fingerprint density at radius 2 is 2.29 bits per heavy atom. The SMILES string of the molecule is CCC1(C(=O)O)CCCN1CCn1c([N+](=O)[O-])cnc1C. The molecule has 1 aromatic heterocycles. The van der Waals surface area contributed by atoms with Gasteiger partial charge in [-0.25, -0.2) is 9.55 Å². The summed E-state index contributed by atoms with van der Waals surface area (Å²) in [5.74, 6) is -0.290. The molecule has 8 nitrogen and oxygen atoms in total. The molecule has 1 aliphatic rings. The van der Waals surface area contributed by atoms with Crippen molar-refractivity contribution >= 4 is 11.8 Å². The van der Waals surface area contributed by atoms with Gasteiger partial charge in [-0.3, -0.25) is 9.69 Å². The van der Waals surface area contributed by atoms with E-state index >= 15 is 0 Å². The Labute approximate surface area is 122 Å². The van der Waals surface area contributed by atoms with E-state index in [1.165, 1.54) is 10.8 Å². The minimum absolute atomic E-state index is 0.0517. The van der Waals surface area contributed by atoms with Gasteiger partial charge < -0.3 is 15.2 Å². The summed E-state index contributed by atoms with van der Waals surface area (Å²) in [6.45, 7) is 5.13. The molecule has 2 rings (SSSR count). The standard InChI is InChI=1S/C13H20N4O4/c1-3-13(12(18)19)5-4-6-15(13)7-8-16-10(2)14-9-11(16)17(20)21/h9H,3-8H2,1-2H3,(H,18,19). The van der Waals surface area contributed by atoms with Crippen LogP contribution in [0.15, 0.2) is 6.20 Å². The number of carbonyl (C=O) groups is 1. The predicted octanol–water partition coefficient (Wildman–Crippen LogP) is 1.43. The van der Waals surface area contributed by atoms with Gasteiger partial charge in [0.1, 0.15) is 18.3 Å². The summed E-state index contributed by atoms with van der Waals surface area (Å²) in [4.78, 5) is 28.0. The Balaban J connectivity index is 2.15. The molecule has 1 saturated heterocycles. The summed E-state index contributed by atoms with van der Waals surface area (Å²) >= 11 is 0. The van der Waals surface area contributed by atoms with Crippen LogP contribution in [0.25, 0.3) is 0 Å². The monoisotopic (exact) mass is 296 g/mol. The Kier molecular flexibility index (Phi) is 4.26. The zero-order valence-electron chi connectivity index (χ0n) is 12.3. The van der Waals surface area contributed by atoms with E-state index < -0.39 is 16.4 Å². The fourth-order valence-electron chi connectivity index (χ4n) is 3.15. The van der Waals surface area contributed by atoms with Crippen LogP contribution in [0.4, 0.5) is 5.82 Å². The van der Waals surface area contributed by atoms with Gasteiger partial charge in [0.15, 0.2) is 5.82 Å². The van der Waals surface area contributed by atoms with E-state index in [0.29, 0.717) is 38.3 Å². The van der Waals surface area contributed by atoms with Crippen molar-refractivity contribution in [3.05, 3.63) is 22.1 Å². The topological polar surface area (TPSA) is 102 Å². The average molecular weight is 296 g/mol. The summed E-state index contributed by atoms with van der Waals surface area (Å²) in [5.41, 5.74) is -0.830. The molecule has 1 aliphatic heterocycles. The van der Waals surface area contributed by atoms with Crippen molar-refractivity contribution in [2.75, 3.05) is 13.1 Å². The van der Waals surface area contributed by atoms with Crippen molar-refractivity contribution in [3.63, 3.8) is 0 Å². The first-order valence-corrected chi connectivity index (χ1v) is 7.07. The van der Waals surface area contributed by atoms with Gasteiger partial charge in [-0.1, -0.05) is 6.92 Å². The largest absolute Gasteiger partial charge is 0.480 e. The minimum atomic E-state index is -0.830. The molecule has 0 aliphatic carbocycles. The summed E-state index contributed by atoms with van der Waals surface area (Å²) in [7, 11) is 0.